The van der Waals surface area contributed by atoms with Crippen molar-refractivity contribution in [2.75, 3.05) is 4.90 Å². The topological polar surface area (TPSA) is 42.4 Å². The zero-order chi connectivity index (χ0) is 31.2. The van der Waals surface area contributed by atoms with Crippen LogP contribution in [0.2, 0.25) is 0 Å². The van der Waals surface area contributed by atoms with Crippen molar-refractivity contribution < 1.29 is 8.83 Å². The lowest BCUT2D eigenvalue weighted by Crippen LogP contribution is -2.09. The van der Waals surface area contributed by atoms with Gasteiger partial charge in [-0.1, -0.05) is 109 Å². The second-order valence-electron chi connectivity index (χ2n) is 11.6. The number of nitrogens with zero attached hydrogens (tertiary/aromatic N) is 2. The minimum atomic E-state index is 0.578. The lowest BCUT2D eigenvalue weighted by Gasteiger charge is -2.26. The number of rotatable bonds is 6. The van der Waals surface area contributed by atoms with Crippen LogP contribution in [0.25, 0.3) is 66.7 Å². The molecule has 0 aliphatic rings. The van der Waals surface area contributed by atoms with Crippen molar-refractivity contribution in [3.63, 3.8) is 0 Å². The Morgan fingerprint density at radius 1 is 0.426 bits per heavy atom. The molecular formula is C43H28N2O2. The summed E-state index contributed by atoms with van der Waals surface area (Å²) in [6.07, 6.45) is 0. The lowest BCUT2D eigenvalue weighted by molar-refractivity contribution is 0.621. The SMILES string of the molecule is c1ccc(-c2cccc(N(c3ccccc3)c3ccc(-c4cccc5nc(-c6cccc7oc8ccccc8c67)oc45)cc3)c2)cc1. The molecule has 0 N–H and O–H groups in total. The van der Waals surface area contributed by atoms with Crippen LogP contribution in [0.5, 0.6) is 0 Å². The molecule has 7 aromatic carbocycles. The maximum atomic E-state index is 6.57. The zero-order valence-corrected chi connectivity index (χ0v) is 25.4. The minimum Gasteiger partial charge on any atom is -0.456 e. The summed E-state index contributed by atoms with van der Waals surface area (Å²) in [6, 6.07) is 58.6. The van der Waals surface area contributed by atoms with Crippen LogP contribution in [0.3, 0.4) is 0 Å². The Labute approximate surface area is 271 Å². The summed E-state index contributed by atoms with van der Waals surface area (Å²) in [5, 5.41) is 2.06. The minimum absolute atomic E-state index is 0.578. The van der Waals surface area contributed by atoms with Crippen LogP contribution in [0.4, 0.5) is 17.1 Å². The summed E-state index contributed by atoms with van der Waals surface area (Å²) >= 11 is 0. The average Bonchev–Trinajstić information content (AvgIpc) is 3.75. The smallest absolute Gasteiger partial charge is 0.228 e. The van der Waals surface area contributed by atoms with Crippen molar-refractivity contribution in [1.29, 1.82) is 0 Å². The van der Waals surface area contributed by atoms with Crippen LogP contribution in [0.1, 0.15) is 0 Å². The Morgan fingerprint density at radius 3 is 1.91 bits per heavy atom. The van der Waals surface area contributed by atoms with E-state index in [1.54, 1.807) is 0 Å². The van der Waals surface area contributed by atoms with E-state index < -0.39 is 0 Å². The van der Waals surface area contributed by atoms with Gasteiger partial charge in [0.25, 0.3) is 0 Å². The van der Waals surface area contributed by atoms with Gasteiger partial charge in [-0.15, -0.1) is 0 Å². The van der Waals surface area contributed by atoms with E-state index in [0.717, 1.165) is 66.8 Å². The van der Waals surface area contributed by atoms with Crippen molar-refractivity contribution in [2.24, 2.45) is 0 Å². The fraction of sp³-hybridized carbons (Fsp3) is 0. The standard InChI is InChI=1S/C43H28N2O2/c1-3-12-29(13-4-1)31-14-9-17-34(28-31)45(32-15-5-2-6-16-32)33-26-24-30(25-27-33)35-19-10-21-38-42(35)47-43(44-38)37-20-11-23-40-41(37)36-18-7-8-22-39(36)46-40/h1-28H. The summed E-state index contributed by atoms with van der Waals surface area (Å²) in [5.41, 5.74) is 11.8. The van der Waals surface area contributed by atoms with Crippen LogP contribution in [0.15, 0.2) is 179 Å². The maximum Gasteiger partial charge on any atom is 0.228 e. The van der Waals surface area contributed by atoms with Gasteiger partial charge in [0.1, 0.15) is 16.7 Å². The van der Waals surface area contributed by atoms with Crippen LogP contribution in [-0.4, -0.2) is 4.98 Å². The lowest BCUT2D eigenvalue weighted by atomic mass is 10.0. The number of hydrogen-bond acceptors (Lipinski definition) is 4. The highest BCUT2D eigenvalue weighted by Crippen LogP contribution is 2.41. The molecule has 9 aromatic rings. The molecule has 9 rings (SSSR count). The molecule has 0 spiro atoms. The number of anilines is 3. The van der Waals surface area contributed by atoms with E-state index in [1.165, 1.54) is 11.1 Å². The van der Waals surface area contributed by atoms with Crippen molar-refractivity contribution in [2.45, 2.75) is 0 Å². The predicted octanol–water partition coefficient (Wildman–Crippen LogP) is 12.2. The van der Waals surface area contributed by atoms with E-state index >= 15 is 0 Å². The highest BCUT2D eigenvalue weighted by molar-refractivity contribution is 6.12. The number of fused-ring (bicyclic) bond motifs is 4. The molecule has 2 heterocycles. The Morgan fingerprint density at radius 2 is 1.06 bits per heavy atom. The second kappa shape index (κ2) is 11.2. The van der Waals surface area contributed by atoms with E-state index in [0.29, 0.717) is 5.89 Å². The molecule has 0 amide bonds. The summed E-state index contributed by atoms with van der Waals surface area (Å²) in [4.78, 5) is 7.24. The number of para-hydroxylation sites is 3. The van der Waals surface area contributed by atoms with E-state index in [1.807, 2.05) is 54.6 Å². The third kappa shape index (κ3) is 4.75. The number of aromatic nitrogens is 1. The Bertz CT molecular complexity index is 2510. The molecule has 4 heteroatoms. The van der Waals surface area contributed by atoms with Gasteiger partial charge in [0.2, 0.25) is 5.89 Å². The fourth-order valence-corrected chi connectivity index (χ4v) is 6.51. The molecule has 4 nitrogen and oxygen atoms in total. The molecule has 0 saturated carbocycles. The van der Waals surface area contributed by atoms with E-state index in [4.69, 9.17) is 13.8 Å². The van der Waals surface area contributed by atoms with Crippen molar-refractivity contribution in [1.82, 2.24) is 4.98 Å². The van der Waals surface area contributed by atoms with Gasteiger partial charge in [-0.25, -0.2) is 4.98 Å². The van der Waals surface area contributed by atoms with Gasteiger partial charge in [-0.05, 0) is 77.4 Å². The predicted molar refractivity (Wildman–Crippen MR) is 192 cm³/mol. The second-order valence-corrected chi connectivity index (χ2v) is 11.6. The molecule has 0 atom stereocenters. The molecule has 222 valence electrons. The third-order valence-corrected chi connectivity index (χ3v) is 8.71. The summed E-state index contributed by atoms with van der Waals surface area (Å²) in [7, 11) is 0. The Kier molecular flexibility index (Phi) is 6.43. The fourth-order valence-electron chi connectivity index (χ4n) is 6.51. The van der Waals surface area contributed by atoms with Gasteiger partial charge in [0, 0.05) is 39.0 Å². The average molecular weight is 605 g/mol. The first kappa shape index (κ1) is 27.0. The summed E-state index contributed by atoms with van der Waals surface area (Å²) < 4.78 is 12.7. The largest absolute Gasteiger partial charge is 0.456 e. The van der Waals surface area contributed by atoms with E-state index in [2.05, 4.69) is 120 Å². The Balaban J connectivity index is 1.12. The first-order valence-electron chi connectivity index (χ1n) is 15.7. The Hall–Kier alpha value is -6.39. The highest BCUT2D eigenvalue weighted by atomic mass is 16.4. The highest BCUT2D eigenvalue weighted by Gasteiger charge is 2.19. The van der Waals surface area contributed by atoms with E-state index in [9.17, 15) is 0 Å². The van der Waals surface area contributed by atoms with Crippen LogP contribution >= 0.6 is 0 Å². The van der Waals surface area contributed by atoms with Crippen LogP contribution in [0, 0.1) is 0 Å². The van der Waals surface area contributed by atoms with Crippen molar-refractivity contribution in [3.05, 3.63) is 170 Å². The molecule has 0 saturated heterocycles. The number of hydrogen-bond donors (Lipinski definition) is 0. The number of oxazole rings is 1. The first-order chi connectivity index (χ1) is 23.3. The normalized spacial score (nSPS) is 11.4. The quantitative estimate of drug-likeness (QED) is 0.189. The third-order valence-electron chi connectivity index (χ3n) is 8.71. The monoisotopic (exact) mass is 604 g/mol. The molecule has 0 bridgehead atoms. The van der Waals surface area contributed by atoms with Crippen LogP contribution in [-0.2, 0) is 0 Å². The molecule has 0 fully saturated rings. The molecule has 0 radical (unpaired) electrons. The molecule has 0 unspecified atom stereocenters. The summed E-state index contributed by atoms with van der Waals surface area (Å²) in [6.45, 7) is 0. The molecule has 2 aromatic heterocycles. The molecule has 47 heavy (non-hydrogen) atoms. The first-order valence-corrected chi connectivity index (χ1v) is 15.7. The van der Waals surface area contributed by atoms with Gasteiger partial charge >= 0.3 is 0 Å². The van der Waals surface area contributed by atoms with Gasteiger partial charge in [0.15, 0.2) is 5.58 Å². The summed E-state index contributed by atoms with van der Waals surface area (Å²) in [5.74, 6) is 0.578. The van der Waals surface area contributed by atoms with Crippen molar-refractivity contribution >= 4 is 50.1 Å². The van der Waals surface area contributed by atoms with Crippen LogP contribution < -0.4 is 4.90 Å². The van der Waals surface area contributed by atoms with E-state index in [-0.39, 0.29) is 0 Å². The van der Waals surface area contributed by atoms with Gasteiger partial charge in [-0.2, -0.15) is 0 Å². The zero-order valence-electron chi connectivity index (χ0n) is 25.4. The molecule has 0 aliphatic heterocycles. The number of furan rings is 1. The van der Waals surface area contributed by atoms with Gasteiger partial charge in [0.05, 0.1) is 0 Å². The van der Waals surface area contributed by atoms with Gasteiger partial charge < -0.3 is 13.7 Å². The molecular weight excluding hydrogens is 576 g/mol. The van der Waals surface area contributed by atoms with Crippen molar-refractivity contribution in [3.8, 4) is 33.7 Å². The maximum absolute atomic E-state index is 6.57. The number of benzene rings is 7. The van der Waals surface area contributed by atoms with Gasteiger partial charge in [-0.3, -0.25) is 0 Å². The molecule has 0 aliphatic carbocycles.